The second kappa shape index (κ2) is 4.75. The molecule has 0 amide bonds. The lowest BCUT2D eigenvalue weighted by atomic mass is 10.1. The SMILES string of the molecule is C#CCCCn1ccc2c(C(=O)O)cccc21. The molecule has 3 nitrogen and oxygen atoms in total. The predicted molar refractivity (Wildman–Crippen MR) is 67.0 cm³/mol. The van der Waals surface area contributed by atoms with E-state index in [1.807, 2.05) is 22.9 Å². The molecule has 3 heteroatoms. The van der Waals surface area contributed by atoms with Crippen molar-refractivity contribution in [2.24, 2.45) is 0 Å². The molecule has 1 N–H and O–H groups in total. The van der Waals surface area contributed by atoms with Crippen LogP contribution in [-0.2, 0) is 6.54 Å². The summed E-state index contributed by atoms with van der Waals surface area (Å²) in [5, 5.41) is 9.85. The zero-order valence-electron chi connectivity index (χ0n) is 9.39. The number of fused-ring (bicyclic) bond motifs is 1. The first-order valence-corrected chi connectivity index (χ1v) is 5.48. The van der Waals surface area contributed by atoms with Crippen molar-refractivity contribution in [2.45, 2.75) is 19.4 Å². The van der Waals surface area contributed by atoms with E-state index in [4.69, 9.17) is 11.5 Å². The zero-order chi connectivity index (χ0) is 12.3. The Morgan fingerprint density at radius 1 is 1.41 bits per heavy atom. The van der Waals surface area contributed by atoms with Gasteiger partial charge in [-0.3, -0.25) is 0 Å². The number of rotatable bonds is 4. The molecule has 0 saturated heterocycles. The lowest BCUT2D eigenvalue weighted by molar-refractivity contribution is 0.0699. The van der Waals surface area contributed by atoms with E-state index in [1.165, 1.54) is 0 Å². The largest absolute Gasteiger partial charge is 0.478 e. The van der Waals surface area contributed by atoms with Gasteiger partial charge in [-0.15, -0.1) is 12.3 Å². The van der Waals surface area contributed by atoms with Crippen molar-refractivity contribution in [3.8, 4) is 12.3 Å². The highest BCUT2D eigenvalue weighted by Gasteiger charge is 2.10. The molecule has 0 aliphatic rings. The molecule has 0 aliphatic heterocycles. The van der Waals surface area contributed by atoms with E-state index in [9.17, 15) is 4.79 Å². The summed E-state index contributed by atoms with van der Waals surface area (Å²) in [6, 6.07) is 7.16. The highest BCUT2D eigenvalue weighted by molar-refractivity contribution is 6.02. The van der Waals surface area contributed by atoms with Crippen molar-refractivity contribution in [3.63, 3.8) is 0 Å². The Balaban J connectivity index is 2.38. The summed E-state index contributed by atoms with van der Waals surface area (Å²) in [4.78, 5) is 11.0. The molecule has 0 saturated carbocycles. The highest BCUT2D eigenvalue weighted by atomic mass is 16.4. The lowest BCUT2D eigenvalue weighted by Gasteiger charge is -2.04. The van der Waals surface area contributed by atoms with Gasteiger partial charge in [0.2, 0.25) is 0 Å². The van der Waals surface area contributed by atoms with Crippen molar-refractivity contribution in [1.29, 1.82) is 0 Å². The van der Waals surface area contributed by atoms with E-state index in [-0.39, 0.29) is 0 Å². The van der Waals surface area contributed by atoms with Crippen LogP contribution in [0.25, 0.3) is 10.9 Å². The number of aromatic nitrogens is 1. The van der Waals surface area contributed by atoms with Crippen LogP contribution in [0.3, 0.4) is 0 Å². The van der Waals surface area contributed by atoms with Gasteiger partial charge in [-0.2, -0.15) is 0 Å². The molecule has 0 fully saturated rings. The van der Waals surface area contributed by atoms with Gasteiger partial charge in [0.15, 0.2) is 0 Å². The van der Waals surface area contributed by atoms with Crippen LogP contribution in [0.4, 0.5) is 0 Å². The maximum atomic E-state index is 11.0. The predicted octanol–water partition coefficient (Wildman–Crippen LogP) is 2.75. The van der Waals surface area contributed by atoms with Crippen LogP contribution in [0, 0.1) is 12.3 Å². The van der Waals surface area contributed by atoms with Gasteiger partial charge in [0.05, 0.1) is 5.56 Å². The smallest absolute Gasteiger partial charge is 0.336 e. The normalized spacial score (nSPS) is 10.3. The first-order chi connectivity index (χ1) is 8.24. The molecule has 0 aliphatic carbocycles. The van der Waals surface area contributed by atoms with Gasteiger partial charge in [0.1, 0.15) is 0 Å². The van der Waals surface area contributed by atoms with Gasteiger partial charge >= 0.3 is 5.97 Å². The van der Waals surface area contributed by atoms with Crippen molar-refractivity contribution in [2.75, 3.05) is 0 Å². The third kappa shape index (κ3) is 2.16. The van der Waals surface area contributed by atoms with E-state index in [0.717, 1.165) is 30.3 Å². The van der Waals surface area contributed by atoms with Gasteiger partial charge in [-0.1, -0.05) is 6.07 Å². The number of carbonyl (C=O) groups is 1. The van der Waals surface area contributed by atoms with Crippen LogP contribution in [0.5, 0.6) is 0 Å². The molecule has 0 spiro atoms. The van der Waals surface area contributed by atoms with E-state index in [1.54, 1.807) is 12.1 Å². The summed E-state index contributed by atoms with van der Waals surface area (Å²) in [5.41, 5.74) is 1.29. The molecular weight excluding hydrogens is 214 g/mol. The summed E-state index contributed by atoms with van der Waals surface area (Å²) < 4.78 is 2.04. The number of unbranched alkanes of at least 4 members (excludes halogenated alkanes) is 1. The summed E-state index contributed by atoms with van der Waals surface area (Å²) in [6.07, 6.45) is 8.75. The van der Waals surface area contributed by atoms with E-state index < -0.39 is 5.97 Å². The molecule has 17 heavy (non-hydrogen) atoms. The third-order valence-corrected chi connectivity index (χ3v) is 2.76. The fraction of sp³-hybridized carbons (Fsp3) is 0.214. The molecule has 0 atom stereocenters. The second-order valence-electron chi connectivity index (χ2n) is 3.86. The minimum atomic E-state index is -0.892. The molecule has 1 heterocycles. The average molecular weight is 227 g/mol. The van der Waals surface area contributed by atoms with Gasteiger partial charge in [-0.05, 0) is 24.6 Å². The quantitative estimate of drug-likeness (QED) is 0.644. The third-order valence-electron chi connectivity index (χ3n) is 2.76. The molecule has 0 unspecified atom stereocenters. The van der Waals surface area contributed by atoms with E-state index in [2.05, 4.69) is 5.92 Å². The van der Waals surface area contributed by atoms with Gasteiger partial charge < -0.3 is 9.67 Å². The first-order valence-electron chi connectivity index (χ1n) is 5.48. The maximum absolute atomic E-state index is 11.0. The number of benzene rings is 1. The summed E-state index contributed by atoms with van der Waals surface area (Å²) in [5.74, 6) is 1.71. The highest BCUT2D eigenvalue weighted by Crippen LogP contribution is 2.20. The standard InChI is InChI=1S/C14H13NO2/c1-2-3-4-9-15-10-8-11-12(14(16)17)6-5-7-13(11)15/h1,5-8,10H,3-4,9H2,(H,16,17). The molecular formula is C14H13NO2. The number of hydrogen-bond donors (Lipinski definition) is 1. The van der Waals surface area contributed by atoms with Crippen molar-refractivity contribution < 1.29 is 9.90 Å². The van der Waals surface area contributed by atoms with E-state index in [0.29, 0.717) is 5.56 Å². The Labute approximate surface area is 99.7 Å². The number of aromatic carboxylic acids is 1. The fourth-order valence-corrected chi connectivity index (χ4v) is 1.96. The minimum Gasteiger partial charge on any atom is -0.478 e. The van der Waals surface area contributed by atoms with Crippen molar-refractivity contribution >= 4 is 16.9 Å². The molecule has 2 aromatic rings. The Morgan fingerprint density at radius 3 is 2.94 bits per heavy atom. The number of hydrogen-bond acceptors (Lipinski definition) is 1. The fourth-order valence-electron chi connectivity index (χ4n) is 1.96. The average Bonchev–Trinajstić information content (AvgIpc) is 2.72. The molecule has 1 aromatic carbocycles. The Morgan fingerprint density at radius 2 is 2.24 bits per heavy atom. The number of carboxylic acid groups (broad SMARTS) is 1. The molecule has 0 radical (unpaired) electrons. The summed E-state index contributed by atoms with van der Waals surface area (Å²) >= 11 is 0. The van der Waals surface area contributed by atoms with Crippen molar-refractivity contribution in [3.05, 3.63) is 36.0 Å². The topological polar surface area (TPSA) is 42.2 Å². The Kier molecular flexibility index (Phi) is 3.15. The zero-order valence-corrected chi connectivity index (χ0v) is 9.39. The first kappa shape index (κ1) is 11.3. The van der Waals surface area contributed by atoms with Gasteiger partial charge in [-0.25, -0.2) is 4.79 Å². The van der Waals surface area contributed by atoms with Crippen LogP contribution >= 0.6 is 0 Å². The van der Waals surface area contributed by atoms with Crippen molar-refractivity contribution in [1.82, 2.24) is 4.57 Å². The second-order valence-corrected chi connectivity index (χ2v) is 3.86. The Bertz CT molecular complexity index is 590. The van der Waals surface area contributed by atoms with E-state index >= 15 is 0 Å². The van der Waals surface area contributed by atoms with Crippen LogP contribution in [0.15, 0.2) is 30.5 Å². The monoisotopic (exact) mass is 227 g/mol. The molecule has 1 aromatic heterocycles. The summed E-state index contributed by atoms with van der Waals surface area (Å²) in [6.45, 7) is 0.816. The number of carboxylic acids is 1. The molecule has 2 rings (SSSR count). The number of terminal acetylenes is 1. The lowest BCUT2D eigenvalue weighted by Crippen LogP contribution is -1.98. The molecule has 0 bridgehead atoms. The number of aryl methyl sites for hydroxylation is 1. The van der Waals surface area contributed by atoms with Gasteiger partial charge in [0.25, 0.3) is 0 Å². The van der Waals surface area contributed by atoms with Crippen LogP contribution < -0.4 is 0 Å². The van der Waals surface area contributed by atoms with Crippen LogP contribution in [-0.4, -0.2) is 15.6 Å². The number of nitrogens with zero attached hydrogens (tertiary/aromatic N) is 1. The molecule has 86 valence electrons. The maximum Gasteiger partial charge on any atom is 0.336 e. The van der Waals surface area contributed by atoms with Crippen LogP contribution in [0.2, 0.25) is 0 Å². The van der Waals surface area contributed by atoms with Gasteiger partial charge in [0, 0.05) is 30.1 Å². The summed E-state index contributed by atoms with van der Waals surface area (Å²) in [7, 11) is 0. The minimum absolute atomic E-state index is 0.346. The van der Waals surface area contributed by atoms with Crippen LogP contribution in [0.1, 0.15) is 23.2 Å². The Hall–Kier alpha value is -2.21.